The summed E-state index contributed by atoms with van der Waals surface area (Å²) in [6.07, 6.45) is 0. The van der Waals surface area contributed by atoms with Gasteiger partial charge in [-0.1, -0.05) is 48.5 Å². The molecule has 0 aliphatic rings. The van der Waals surface area contributed by atoms with E-state index in [1.807, 2.05) is 55.5 Å². The third-order valence-electron chi connectivity index (χ3n) is 4.70. The molecule has 0 aliphatic carbocycles. The van der Waals surface area contributed by atoms with Gasteiger partial charge < -0.3 is 5.32 Å². The highest BCUT2D eigenvalue weighted by atomic mass is 16.6. The van der Waals surface area contributed by atoms with Crippen molar-refractivity contribution in [2.24, 2.45) is 0 Å². The zero-order valence-electron chi connectivity index (χ0n) is 15.6. The number of nitro benzene ring substituents is 1. The number of carbonyl (C=O) groups is 1. The lowest BCUT2D eigenvalue weighted by Gasteiger charge is -2.12. The number of fused-ring (bicyclic) bond motifs is 1. The van der Waals surface area contributed by atoms with Crippen molar-refractivity contribution in [3.05, 3.63) is 100 Å². The monoisotopic (exact) mass is 383 g/mol. The molecule has 1 heterocycles. The van der Waals surface area contributed by atoms with Crippen LogP contribution in [0.4, 0.5) is 11.4 Å². The van der Waals surface area contributed by atoms with Crippen molar-refractivity contribution in [1.29, 1.82) is 0 Å². The summed E-state index contributed by atoms with van der Waals surface area (Å²) in [5.41, 5.74) is 4.15. The smallest absolute Gasteiger partial charge is 0.271 e. The second-order valence-corrected chi connectivity index (χ2v) is 6.65. The normalized spacial score (nSPS) is 10.7. The number of aromatic nitrogens is 1. The second-order valence-electron chi connectivity index (χ2n) is 6.65. The van der Waals surface area contributed by atoms with Gasteiger partial charge in [0, 0.05) is 28.8 Å². The Morgan fingerprint density at radius 1 is 0.966 bits per heavy atom. The lowest BCUT2D eigenvalue weighted by molar-refractivity contribution is -0.384. The van der Waals surface area contributed by atoms with Gasteiger partial charge in [-0.15, -0.1) is 0 Å². The molecule has 0 bridgehead atoms. The van der Waals surface area contributed by atoms with Crippen molar-refractivity contribution >= 4 is 28.2 Å². The maximum absolute atomic E-state index is 13.1. The van der Waals surface area contributed by atoms with Crippen molar-refractivity contribution in [3.63, 3.8) is 0 Å². The maximum Gasteiger partial charge on any atom is 0.271 e. The van der Waals surface area contributed by atoms with Crippen molar-refractivity contribution < 1.29 is 9.72 Å². The fraction of sp³-hybridized carbons (Fsp3) is 0.0435. The quantitative estimate of drug-likeness (QED) is 0.379. The second kappa shape index (κ2) is 7.52. The number of benzene rings is 3. The van der Waals surface area contributed by atoms with E-state index in [2.05, 4.69) is 5.32 Å². The zero-order valence-corrected chi connectivity index (χ0v) is 15.6. The minimum Gasteiger partial charge on any atom is -0.322 e. The van der Waals surface area contributed by atoms with Gasteiger partial charge in [0.05, 0.1) is 21.7 Å². The van der Waals surface area contributed by atoms with Crippen LogP contribution in [0.3, 0.4) is 0 Å². The highest BCUT2D eigenvalue weighted by Crippen LogP contribution is 2.28. The highest BCUT2D eigenvalue weighted by Gasteiger charge is 2.16. The van der Waals surface area contributed by atoms with Crippen LogP contribution in [0.2, 0.25) is 0 Å². The molecule has 0 spiro atoms. The lowest BCUT2D eigenvalue weighted by Crippen LogP contribution is -2.13. The van der Waals surface area contributed by atoms with Crippen LogP contribution in [0.5, 0.6) is 0 Å². The first-order valence-corrected chi connectivity index (χ1v) is 9.04. The largest absolute Gasteiger partial charge is 0.322 e. The average Bonchev–Trinajstić information content (AvgIpc) is 2.73. The van der Waals surface area contributed by atoms with Crippen molar-refractivity contribution in [2.75, 3.05) is 5.32 Å². The van der Waals surface area contributed by atoms with Crippen LogP contribution in [-0.2, 0) is 0 Å². The van der Waals surface area contributed by atoms with Gasteiger partial charge in [0.2, 0.25) is 0 Å². The molecule has 0 atom stereocenters. The van der Waals surface area contributed by atoms with E-state index in [4.69, 9.17) is 4.98 Å². The third kappa shape index (κ3) is 3.68. The SMILES string of the molecule is Cc1ccccc1-c1cc(C(=O)Nc2cccc([N+](=O)[O-])c2)c2ccccc2n1. The number of nitrogens with one attached hydrogen (secondary N) is 1. The summed E-state index contributed by atoms with van der Waals surface area (Å²) in [6, 6.07) is 22.9. The molecule has 0 unspecified atom stereocenters. The Bertz CT molecular complexity index is 1250. The predicted octanol–water partition coefficient (Wildman–Crippen LogP) is 5.37. The molecule has 6 nitrogen and oxygen atoms in total. The zero-order chi connectivity index (χ0) is 20.4. The summed E-state index contributed by atoms with van der Waals surface area (Å²) < 4.78 is 0. The molecule has 0 saturated heterocycles. The van der Waals surface area contributed by atoms with Gasteiger partial charge in [-0.05, 0) is 30.7 Å². The molecule has 6 heteroatoms. The number of para-hydroxylation sites is 1. The van der Waals surface area contributed by atoms with Crippen LogP contribution in [-0.4, -0.2) is 15.8 Å². The fourth-order valence-electron chi connectivity index (χ4n) is 3.26. The molecular formula is C23H17N3O3. The first kappa shape index (κ1) is 18.3. The number of rotatable bonds is 4. The molecule has 0 aliphatic heterocycles. The standard InChI is InChI=1S/C23H17N3O3/c1-15-7-2-3-10-18(15)22-14-20(19-11-4-5-12-21(19)25-22)23(27)24-16-8-6-9-17(13-16)26(28)29/h2-14H,1H3,(H,24,27). The molecule has 4 rings (SSSR count). The van der Waals surface area contributed by atoms with E-state index in [0.717, 1.165) is 11.1 Å². The summed E-state index contributed by atoms with van der Waals surface area (Å²) in [5.74, 6) is -0.348. The Balaban J connectivity index is 1.80. The summed E-state index contributed by atoms with van der Waals surface area (Å²) in [7, 11) is 0. The predicted molar refractivity (Wildman–Crippen MR) is 113 cm³/mol. The minimum absolute atomic E-state index is 0.0806. The van der Waals surface area contributed by atoms with Gasteiger partial charge in [-0.2, -0.15) is 0 Å². The van der Waals surface area contributed by atoms with Crippen LogP contribution >= 0.6 is 0 Å². The van der Waals surface area contributed by atoms with Gasteiger partial charge in [0.1, 0.15) is 0 Å². The van der Waals surface area contributed by atoms with Crippen LogP contribution in [0.15, 0.2) is 78.9 Å². The lowest BCUT2D eigenvalue weighted by atomic mass is 10.0. The summed E-state index contributed by atoms with van der Waals surface area (Å²) >= 11 is 0. The molecule has 1 N–H and O–H groups in total. The number of pyridine rings is 1. The molecule has 0 fully saturated rings. The number of carbonyl (C=O) groups excluding carboxylic acids is 1. The summed E-state index contributed by atoms with van der Waals surface area (Å²) in [4.78, 5) is 28.3. The Kier molecular flexibility index (Phi) is 4.75. The van der Waals surface area contributed by atoms with Crippen molar-refractivity contribution in [2.45, 2.75) is 6.92 Å². The number of nitrogens with zero attached hydrogens (tertiary/aromatic N) is 2. The number of non-ortho nitro benzene ring substituents is 1. The number of hydrogen-bond donors (Lipinski definition) is 1. The first-order chi connectivity index (χ1) is 14.0. The van der Waals surface area contributed by atoms with Crippen LogP contribution < -0.4 is 5.32 Å². The molecule has 3 aromatic carbocycles. The van der Waals surface area contributed by atoms with E-state index in [0.29, 0.717) is 27.8 Å². The highest BCUT2D eigenvalue weighted by molar-refractivity contribution is 6.13. The van der Waals surface area contributed by atoms with E-state index in [9.17, 15) is 14.9 Å². The van der Waals surface area contributed by atoms with Crippen molar-refractivity contribution in [3.8, 4) is 11.3 Å². The Hall–Kier alpha value is -4.06. The number of nitro groups is 1. The Morgan fingerprint density at radius 3 is 2.52 bits per heavy atom. The summed E-state index contributed by atoms with van der Waals surface area (Å²) in [6.45, 7) is 2.00. The third-order valence-corrected chi connectivity index (χ3v) is 4.70. The maximum atomic E-state index is 13.1. The average molecular weight is 383 g/mol. The first-order valence-electron chi connectivity index (χ1n) is 9.04. The molecular weight excluding hydrogens is 366 g/mol. The Morgan fingerprint density at radius 2 is 1.72 bits per heavy atom. The van der Waals surface area contributed by atoms with Crippen LogP contribution in [0.1, 0.15) is 15.9 Å². The number of hydrogen-bond acceptors (Lipinski definition) is 4. The van der Waals surface area contributed by atoms with E-state index < -0.39 is 4.92 Å². The van der Waals surface area contributed by atoms with Crippen LogP contribution in [0.25, 0.3) is 22.2 Å². The number of amides is 1. The molecule has 4 aromatic rings. The van der Waals surface area contributed by atoms with Gasteiger partial charge in [-0.3, -0.25) is 14.9 Å². The molecule has 1 aromatic heterocycles. The molecule has 142 valence electrons. The number of anilines is 1. The van der Waals surface area contributed by atoms with Gasteiger partial charge in [-0.25, -0.2) is 4.98 Å². The van der Waals surface area contributed by atoms with Crippen molar-refractivity contribution in [1.82, 2.24) is 4.98 Å². The van der Waals surface area contributed by atoms with Crippen LogP contribution in [0, 0.1) is 17.0 Å². The fourth-order valence-corrected chi connectivity index (χ4v) is 3.26. The van der Waals surface area contributed by atoms with E-state index >= 15 is 0 Å². The van der Waals surface area contributed by atoms with Gasteiger partial charge in [0.15, 0.2) is 0 Å². The Labute approximate surface area is 167 Å². The van der Waals surface area contributed by atoms with E-state index in [1.165, 1.54) is 18.2 Å². The topological polar surface area (TPSA) is 85.1 Å². The number of aryl methyl sites for hydroxylation is 1. The molecule has 0 saturated carbocycles. The molecule has 29 heavy (non-hydrogen) atoms. The molecule has 0 radical (unpaired) electrons. The van der Waals surface area contributed by atoms with Gasteiger partial charge >= 0.3 is 0 Å². The minimum atomic E-state index is -0.492. The van der Waals surface area contributed by atoms with Gasteiger partial charge in [0.25, 0.3) is 11.6 Å². The van der Waals surface area contributed by atoms with E-state index in [1.54, 1.807) is 12.1 Å². The van der Waals surface area contributed by atoms with E-state index in [-0.39, 0.29) is 11.6 Å². The summed E-state index contributed by atoms with van der Waals surface area (Å²) in [5, 5.41) is 14.5. The molecule has 1 amide bonds.